The first kappa shape index (κ1) is 21.3. The number of carbonyl (C=O) groups excluding carboxylic acids is 3. The van der Waals surface area contributed by atoms with Crippen LogP contribution in [-0.2, 0) is 11.3 Å². The first-order chi connectivity index (χ1) is 16.5. The SMILES string of the molecule is O=C(NCc1ccccc1)C1c2cccn2C(=O)c2ccccc2C(=O)N1c1cccc(F)c1. The lowest BCUT2D eigenvalue weighted by Crippen LogP contribution is -2.46. The second-order valence-electron chi connectivity index (χ2n) is 7.91. The van der Waals surface area contributed by atoms with E-state index in [-0.39, 0.29) is 23.4 Å². The normalized spacial score (nSPS) is 15.2. The number of hydrogen-bond donors (Lipinski definition) is 1. The summed E-state index contributed by atoms with van der Waals surface area (Å²) in [6, 6.07) is 23.3. The monoisotopic (exact) mass is 453 g/mol. The molecule has 1 unspecified atom stereocenters. The van der Waals surface area contributed by atoms with Gasteiger partial charge in [0.05, 0.1) is 16.8 Å². The van der Waals surface area contributed by atoms with Crippen LogP contribution < -0.4 is 10.2 Å². The molecule has 1 aliphatic heterocycles. The summed E-state index contributed by atoms with van der Waals surface area (Å²) in [5.74, 6) is -2.02. The molecule has 1 aliphatic rings. The molecule has 0 fully saturated rings. The van der Waals surface area contributed by atoms with Gasteiger partial charge in [-0.15, -0.1) is 0 Å². The highest BCUT2D eigenvalue weighted by atomic mass is 19.1. The Morgan fingerprint density at radius 3 is 2.26 bits per heavy atom. The van der Waals surface area contributed by atoms with Crippen molar-refractivity contribution < 1.29 is 18.8 Å². The smallest absolute Gasteiger partial charge is 0.262 e. The standard InChI is InChI=1S/C27H20FN3O3/c28-19-10-6-11-20(16-19)31-24(25(32)29-17-18-8-2-1-3-9-18)23-14-7-15-30(23)26(33)21-12-4-5-13-22(21)27(31)34/h1-16,24H,17H2,(H,29,32). The zero-order valence-corrected chi connectivity index (χ0v) is 18.0. The molecule has 4 aromatic rings. The van der Waals surface area contributed by atoms with Crippen LogP contribution in [0, 0.1) is 5.82 Å². The van der Waals surface area contributed by atoms with E-state index in [2.05, 4.69) is 5.32 Å². The van der Waals surface area contributed by atoms with Gasteiger partial charge < -0.3 is 5.32 Å². The van der Waals surface area contributed by atoms with Gasteiger partial charge in [-0.1, -0.05) is 48.5 Å². The highest BCUT2D eigenvalue weighted by Gasteiger charge is 2.39. The van der Waals surface area contributed by atoms with Crippen molar-refractivity contribution in [1.82, 2.24) is 9.88 Å². The minimum Gasteiger partial charge on any atom is -0.350 e. The van der Waals surface area contributed by atoms with E-state index >= 15 is 0 Å². The van der Waals surface area contributed by atoms with E-state index in [1.807, 2.05) is 30.3 Å². The highest BCUT2D eigenvalue weighted by Crippen LogP contribution is 2.33. The number of rotatable bonds is 4. The average Bonchev–Trinajstić information content (AvgIpc) is 3.34. The van der Waals surface area contributed by atoms with Crippen molar-refractivity contribution in [3.05, 3.63) is 125 Å². The topological polar surface area (TPSA) is 71.4 Å². The summed E-state index contributed by atoms with van der Waals surface area (Å²) < 4.78 is 15.6. The second-order valence-corrected chi connectivity index (χ2v) is 7.91. The Morgan fingerprint density at radius 2 is 1.53 bits per heavy atom. The second kappa shape index (κ2) is 8.78. The van der Waals surface area contributed by atoms with Crippen LogP contribution in [0.1, 0.15) is 38.0 Å². The largest absolute Gasteiger partial charge is 0.350 e. The van der Waals surface area contributed by atoms with Crippen molar-refractivity contribution in [1.29, 1.82) is 0 Å². The van der Waals surface area contributed by atoms with Crippen LogP contribution in [0.4, 0.5) is 10.1 Å². The first-order valence-electron chi connectivity index (χ1n) is 10.8. The number of carbonyl (C=O) groups is 3. The van der Waals surface area contributed by atoms with Crippen LogP contribution in [0.5, 0.6) is 0 Å². The molecule has 7 heteroatoms. The zero-order chi connectivity index (χ0) is 23.7. The number of benzene rings is 3. The number of aromatic nitrogens is 1. The fourth-order valence-electron chi connectivity index (χ4n) is 4.19. The molecule has 5 rings (SSSR count). The number of anilines is 1. The Hall–Kier alpha value is -4.52. The Morgan fingerprint density at radius 1 is 0.824 bits per heavy atom. The van der Waals surface area contributed by atoms with E-state index < -0.39 is 29.6 Å². The van der Waals surface area contributed by atoms with Crippen LogP contribution in [0.15, 0.2) is 97.2 Å². The van der Waals surface area contributed by atoms with Crippen molar-refractivity contribution in [2.24, 2.45) is 0 Å². The quantitative estimate of drug-likeness (QED) is 0.500. The number of fused-ring (bicyclic) bond motifs is 2. The third-order valence-electron chi connectivity index (χ3n) is 5.79. The molecule has 6 nitrogen and oxygen atoms in total. The fourth-order valence-corrected chi connectivity index (χ4v) is 4.19. The lowest BCUT2D eigenvalue weighted by Gasteiger charge is -2.34. The number of amides is 2. The van der Waals surface area contributed by atoms with Crippen LogP contribution in [0.2, 0.25) is 0 Å². The van der Waals surface area contributed by atoms with Crippen molar-refractivity contribution >= 4 is 23.4 Å². The predicted octanol–water partition coefficient (Wildman–Crippen LogP) is 4.33. The van der Waals surface area contributed by atoms with Gasteiger partial charge in [0, 0.05) is 18.4 Å². The summed E-state index contributed by atoms with van der Waals surface area (Å²) in [5, 5.41) is 2.87. The minimum absolute atomic E-state index is 0.136. The van der Waals surface area contributed by atoms with Gasteiger partial charge in [0.15, 0.2) is 6.04 Å². The van der Waals surface area contributed by atoms with Crippen molar-refractivity contribution in [3.8, 4) is 0 Å². The molecule has 0 radical (unpaired) electrons. The molecule has 34 heavy (non-hydrogen) atoms. The van der Waals surface area contributed by atoms with E-state index in [0.29, 0.717) is 5.69 Å². The molecule has 168 valence electrons. The minimum atomic E-state index is -1.20. The summed E-state index contributed by atoms with van der Waals surface area (Å²) >= 11 is 0. The zero-order valence-electron chi connectivity index (χ0n) is 18.0. The number of nitrogens with one attached hydrogen (secondary N) is 1. The average molecular weight is 453 g/mol. The molecule has 1 N–H and O–H groups in total. The van der Waals surface area contributed by atoms with Gasteiger partial charge in [-0.25, -0.2) is 4.39 Å². The predicted molar refractivity (Wildman–Crippen MR) is 125 cm³/mol. The van der Waals surface area contributed by atoms with Crippen LogP contribution in [0.3, 0.4) is 0 Å². The molecule has 0 saturated heterocycles. The third kappa shape index (κ3) is 3.77. The summed E-state index contributed by atoms with van der Waals surface area (Å²) in [6.07, 6.45) is 1.56. The lowest BCUT2D eigenvalue weighted by atomic mass is 9.99. The van der Waals surface area contributed by atoms with Gasteiger partial charge in [0.25, 0.3) is 11.8 Å². The molecular weight excluding hydrogens is 433 g/mol. The van der Waals surface area contributed by atoms with Gasteiger partial charge in [0.2, 0.25) is 5.91 Å². The number of halogens is 1. The van der Waals surface area contributed by atoms with Gasteiger partial charge in [0.1, 0.15) is 5.82 Å². The van der Waals surface area contributed by atoms with E-state index in [1.54, 1.807) is 42.6 Å². The van der Waals surface area contributed by atoms with Crippen molar-refractivity contribution in [2.75, 3.05) is 4.90 Å². The first-order valence-corrected chi connectivity index (χ1v) is 10.8. The van der Waals surface area contributed by atoms with Crippen molar-refractivity contribution in [3.63, 3.8) is 0 Å². The maximum atomic E-state index is 14.2. The summed E-state index contributed by atoms with van der Waals surface area (Å²) in [7, 11) is 0. The molecule has 0 aliphatic carbocycles. The summed E-state index contributed by atoms with van der Waals surface area (Å²) in [4.78, 5) is 42.0. The number of hydrogen-bond acceptors (Lipinski definition) is 3. The van der Waals surface area contributed by atoms with E-state index in [1.165, 1.54) is 33.7 Å². The van der Waals surface area contributed by atoms with E-state index in [0.717, 1.165) is 5.56 Å². The molecule has 2 amide bonds. The molecule has 1 aromatic heterocycles. The maximum absolute atomic E-state index is 14.2. The molecule has 3 aromatic carbocycles. The third-order valence-corrected chi connectivity index (χ3v) is 5.79. The number of nitrogens with zero attached hydrogens (tertiary/aromatic N) is 2. The van der Waals surface area contributed by atoms with E-state index in [4.69, 9.17) is 0 Å². The maximum Gasteiger partial charge on any atom is 0.262 e. The summed E-state index contributed by atoms with van der Waals surface area (Å²) in [5.41, 5.74) is 1.73. The Kier molecular flexibility index (Phi) is 5.51. The molecule has 2 heterocycles. The van der Waals surface area contributed by atoms with Gasteiger partial charge in [-0.2, -0.15) is 0 Å². The Bertz CT molecular complexity index is 1400. The fraction of sp³-hybridized carbons (Fsp3) is 0.0741. The Balaban J connectivity index is 1.66. The van der Waals surface area contributed by atoms with Gasteiger partial charge >= 0.3 is 0 Å². The van der Waals surface area contributed by atoms with E-state index in [9.17, 15) is 18.8 Å². The Labute approximate surface area is 195 Å². The molecule has 0 saturated carbocycles. The molecular formula is C27H20FN3O3. The lowest BCUT2D eigenvalue weighted by molar-refractivity contribution is -0.122. The highest BCUT2D eigenvalue weighted by molar-refractivity contribution is 6.17. The molecule has 0 spiro atoms. The molecule has 0 bridgehead atoms. The summed E-state index contributed by atoms with van der Waals surface area (Å²) in [6.45, 7) is 0.229. The van der Waals surface area contributed by atoms with Gasteiger partial charge in [-0.3, -0.25) is 23.9 Å². The van der Waals surface area contributed by atoms with Crippen LogP contribution in [0.25, 0.3) is 0 Å². The van der Waals surface area contributed by atoms with Crippen LogP contribution >= 0.6 is 0 Å². The van der Waals surface area contributed by atoms with Gasteiger partial charge in [-0.05, 0) is 48.0 Å². The van der Waals surface area contributed by atoms with Crippen molar-refractivity contribution in [2.45, 2.75) is 12.6 Å². The van der Waals surface area contributed by atoms with Crippen LogP contribution in [-0.4, -0.2) is 22.3 Å². The molecule has 1 atom stereocenters.